The molecular formula is C29H24ClP. The predicted octanol–water partition coefficient (Wildman–Crippen LogP) is 6.61. The lowest BCUT2D eigenvalue weighted by Gasteiger charge is -2.22. The van der Waals surface area contributed by atoms with Crippen molar-refractivity contribution in [2.75, 3.05) is 0 Å². The zero-order valence-electron chi connectivity index (χ0n) is 17.2. The molecule has 0 aromatic heterocycles. The monoisotopic (exact) mass is 438 g/mol. The Morgan fingerprint density at radius 3 is 1.68 bits per heavy atom. The minimum atomic E-state index is -0.606. The molecule has 0 saturated carbocycles. The van der Waals surface area contributed by atoms with E-state index >= 15 is 0 Å². The molecule has 0 radical (unpaired) electrons. The maximum absolute atomic E-state index is 2.33. The molecule has 5 aromatic rings. The third-order valence-corrected chi connectivity index (χ3v) is 8.07. The second-order valence-electron chi connectivity index (χ2n) is 7.45. The van der Waals surface area contributed by atoms with Crippen molar-refractivity contribution in [3.63, 3.8) is 0 Å². The second kappa shape index (κ2) is 9.92. The minimum Gasteiger partial charge on any atom is -0.147 e. The molecule has 0 atom stereocenters. The molecule has 0 spiro atoms. The Bertz CT molecular complexity index is 1220. The first-order valence-electron chi connectivity index (χ1n) is 10.3. The van der Waals surface area contributed by atoms with Crippen LogP contribution in [0, 0.1) is 0 Å². The van der Waals surface area contributed by atoms with Crippen LogP contribution in [0.15, 0.2) is 127 Å². The van der Waals surface area contributed by atoms with E-state index in [1.807, 2.05) is 0 Å². The molecule has 0 aliphatic heterocycles. The normalized spacial score (nSPS) is 10.7. The Balaban J connectivity index is 0.00000231. The number of rotatable bonds is 5. The van der Waals surface area contributed by atoms with Crippen molar-refractivity contribution < 1.29 is 0 Å². The first-order chi connectivity index (χ1) is 14.9. The van der Waals surface area contributed by atoms with E-state index in [2.05, 4.69) is 127 Å². The SMILES string of the molecule is Cl.c1ccc(P(c2ccccc2)c2ccccc2Cc2cccc3ccccc23)cc1. The summed E-state index contributed by atoms with van der Waals surface area (Å²) in [5.41, 5.74) is 2.80. The molecule has 31 heavy (non-hydrogen) atoms. The van der Waals surface area contributed by atoms with E-state index in [9.17, 15) is 0 Å². The molecule has 0 bridgehead atoms. The van der Waals surface area contributed by atoms with Crippen LogP contribution < -0.4 is 15.9 Å². The van der Waals surface area contributed by atoms with Crippen LogP contribution in [0.25, 0.3) is 10.8 Å². The van der Waals surface area contributed by atoms with Crippen molar-refractivity contribution in [3.8, 4) is 0 Å². The van der Waals surface area contributed by atoms with Crippen molar-refractivity contribution in [1.29, 1.82) is 0 Å². The maximum atomic E-state index is 2.33. The van der Waals surface area contributed by atoms with Gasteiger partial charge in [-0.3, -0.25) is 0 Å². The quantitative estimate of drug-likeness (QED) is 0.271. The Labute approximate surface area is 191 Å². The Morgan fingerprint density at radius 1 is 0.452 bits per heavy atom. The summed E-state index contributed by atoms with van der Waals surface area (Å²) in [6.07, 6.45) is 0.941. The van der Waals surface area contributed by atoms with Gasteiger partial charge in [-0.1, -0.05) is 127 Å². The fourth-order valence-corrected chi connectivity index (χ4v) is 6.58. The van der Waals surface area contributed by atoms with Crippen molar-refractivity contribution in [1.82, 2.24) is 0 Å². The highest BCUT2D eigenvalue weighted by Gasteiger charge is 2.19. The third-order valence-electron chi connectivity index (χ3n) is 5.52. The lowest BCUT2D eigenvalue weighted by Crippen LogP contribution is -2.23. The topological polar surface area (TPSA) is 0 Å². The summed E-state index contributed by atoms with van der Waals surface area (Å²) in [6, 6.07) is 46.2. The Morgan fingerprint density at radius 2 is 0.968 bits per heavy atom. The van der Waals surface area contributed by atoms with Crippen molar-refractivity contribution in [2.24, 2.45) is 0 Å². The number of fused-ring (bicyclic) bond motifs is 1. The van der Waals surface area contributed by atoms with E-state index in [1.54, 1.807) is 0 Å². The van der Waals surface area contributed by atoms with Crippen LogP contribution >= 0.6 is 20.3 Å². The van der Waals surface area contributed by atoms with Gasteiger partial charge in [-0.05, 0) is 52.2 Å². The average molecular weight is 439 g/mol. The lowest BCUT2D eigenvalue weighted by atomic mass is 9.98. The van der Waals surface area contributed by atoms with E-state index in [4.69, 9.17) is 0 Å². The van der Waals surface area contributed by atoms with Crippen molar-refractivity contribution >= 4 is 47.0 Å². The van der Waals surface area contributed by atoms with E-state index < -0.39 is 7.92 Å². The van der Waals surface area contributed by atoms with Gasteiger partial charge in [0.15, 0.2) is 0 Å². The molecule has 0 amide bonds. The average Bonchev–Trinajstić information content (AvgIpc) is 2.82. The standard InChI is InChI=1S/C29H23P.ClH/c1-3-16-26(17-4-1)30(27-18-5-2-6-19-27)29-21-10-8-13-25(29)22-24-15-11-14-23-12-7-9-20-28(23)24;/h1-21H,22H2;1H. The van der Waals surface area contributed by atoms with Gasteiger partial charge >= 0.3 is 0 Å². The number of benzene rings is 5. The van der Waals surface area contributed by atoms with Crippen LogP contribution in [0.3, 0.4) is 0 Å². The van der Waals surface area contributed by atoms with Gasteiger partial charge in [0.05, 0.1) is 0 Å². The maximum Gasteiger partial charge on any atom is -0.00131 e. The first-order valence-corrected chi connectivity index (χ1v) is 11.7. The van der Waals surface area contributed by atoms with Crippen LogP contribution in [0.2, 0.25) is 0 Å². The van der Waals surface area contributed by atoms with Crippen LogP contribution in [0.4, 0.5) is 0 Å². The summed E-state index contributed by atoms with van der Waals surface area (Å²) < 4.78 is 0. The van der Waals surface area contributed by atoms with Crippen LogP contribution in [0.1, 0.15) is 11.1 Å². The molecule has 0 N–H and O–H groups in total. The second-order valence-corrected chi connectivity index (χ2v) is 9.64. The van der Waals surface area contributed by atoms with E-state index in [0.29, 0.717) is 0 Å². The Hall–Kier alpha value is -2.92. The zero-order chi connectivity index (χ0) is 20.2. The highest BCUT2D eigenvalue weighted by atomic mass is 35.5. The molecule has 0 saturated heterocycles. The van der Waals surface area contributed by atoms with Crippen LogP contribution in [-0.2, 0) is 6.42 Å². The van der Waals surface area contributed by atoms with E-state index in [0.717, 1.165) is 6.42 Å². The predicted molar refractivity (Wildman–Crippen MR) is 139 cm³/mol. The van der Waals surface area contributed by atoms with Gasteiger partial charge in [0.1, 0.15) is 0 Å². The van der Waals surface area contributed by atoms with Crippen molar-refractivity contribution in [3.05, 3.63) is 139 Å². The fraction of sp³-hybridized carbons (Fsp3) is 0.0345. The molecule has 152 valence electrons. The highest BCUT2D eigenvalue weighted by molar-refractivity contribution is 7.79. The largest absolute Gasteiger partial charge is 0.147 e. The van der Waals surface area contributed by atoms with Gasteiger partial charge in [-0.25, -0.2) is 0 Å². The summed E-state index contributed by atoms with van der Waals surface area (Å²) in [4.78, 5) is 0. The summed E-state index contributed by atoms with van der Waals surface area (Å²) >= 11 is 0. The van der Waals surface area contributed by atoms with Gasteiger partial charge in [-0.15, -0.1) is 12.4 Å². The molecular weight excluding hydrogens is 415 g/mol. The molecule has 0 fully saturated rings. The van der Waals surface area contributed by atoms with Gasteiger partial charge < -0.3 is 0 Å². The minimum absolute atomic E-state index is 0. The summed E-state index contributed by atoms with van der Waals surface area (Å²) in [6.45, 7) is 0. The smallest absolute Gasteiger partial charge is 0.00131 e. The van der Waals surface area contributed by atoms with E-state index in [1.165, 1.54) is 37.8 Å². The van der Waals surface area contributed by atoms with Gasteiger partial charge in [0, 0.05) is 0 Å². The number of halogens is 1. The molecule has 0 aliphatic rings. The van der Waals surface area contributed by atoms with Gasteiger partial charge in [-0.2, -0.15) is 0 Å². The molecule has 0 unspecified atom stereocenters. The summed E-state index contributed by atoms with van der Waals surface area (Å²) in [5.74, 6) is 0. The van der Waals surface area contributed by atoms with Crippen molar-refractivity contribution in [2.45, 2.75) is 6.42 Å². The molecule has 0 heterocycles. The molecule has 2 heteroatoms. The third kappa shape index (κ3) is 4.57. The molecule has 0 nitrogen and oxygen atoms in total. The van der Waals surface area contributed by atoms with E-state index in [-0.39, 0.29) is 12.4 Å². The molecule has 0 aliphatic carbocycles. The van der Waals surface area contributed by atoms with Crippen LogP contribution in [0.5, 0.6) is 0 Å². The Kier molecular flexibility index (Phi) is 6.82. The van der Waals surface area contributed by atoms with Gasteiger partial charge in [0.25, 0.3) is 0 Å². The zero-order valence-corrected chi connectivity index (χ0v) is 18.9. The molecule has 5 aromatic carbocycles. The summed E-state index contributed by atoms with van der Waals surface area (Å²) in [7, 11) is -0.606. The number of hydrogen-bond donors (Lipinski definition) is 0. The molecule has 5 rings (SSSR count). The first kappa shape index (κ1) is 21.3. The lowest BCUT2D eigenvalue weighted by molar-refractivity contribution is 1.23. The van der Waals surface area contributed by atoms with Crippen LogP contribution in [-0.4, -0.2) is 0 Å². The van der Waals surface area contributed by atoms with Gasteiger partial charge in [0.2, 0.25) is 0 Å². The fourth-order valence-electron chi connectivity index (χ4n) is 4.11. The summed E-state index contributed by atoms with van der Waals surface area (Å²) in [5, 5.41) is 6.88. The number of hydrogen-bond acceptors (Lipinski definition) is 0. The highest BCUT2D eigenvalue weighted by Crippen LogP contribution is 2.35.